The van der Waals surface area contributed by atoms with E-state index in [4.69, 9.17) is 9.84 Å². The molecule has 0 rings (SSSR count). The highest BCUT2D eigenvalue weighted by Crippen LogP contribution is 2.08. The van der Waals surface area contributed by atoms with Crippen LogP contribution in [0.2, 0.25) is 0 Å². The van der Waals surface area contributed by atoms with Gasteiger partial charge in [-0.2, -0.15) is 0 Å². The van der Waals surface area contributed by atoms with Crippen LogP contribution in [-0.4, -0.2) is 60.7 Å². The molecular formula is C11H25NO3. The number of methoxy groups -OCH3 is 1. The van der Waals surface area contributed by atoms with Gasteiger partial charge in [0.2, 0.25) is 0 Å². The van der Waals surface area contributed by atoms with Crippen LogP contribution in [0.25, 0.3) is 0 Å². The van der Waals surface area contributed by atoms with Gasteiger partial charge in [-0.25, -0.2) is 0 Å². The number of aliphatic hydroxyl groups is 2. The van der Waals surface area contributed by atoms with E-state index in [1.165, 1.54) is 0 Å². The third-order valence-electron chi connectivity index (χ3n) is 2.65. The third kappa shape index (κ3) is 6.10. The lowest BCUT2D eigenvalue weighted by Gasteiger charge is -2.31. The number of aliphatic hydroxyl groups excluding tert-OH is 2. The van der Waals surface area contributed by atoms with Crippen molar-refractivity contribution < 1.29 is 14.9 Å². The van der Waals surface area contributed by atoms with Crippen LogP contribution < -0.4 is 0 Å². The molecule has 0 saturated carbocycles. The second-order valence-electron chi connectivity index (χ2n) is 3.80. The van der Waals surface area contributed by atoms with Gasteiger partial charge >= 0.3 is 0 Å². The van der Waals surface area contributed by atoms with Crippen molar-refractivity contribution >= 4 is 0 Å². The molecule has 0 spiro atoms. The number of rotatable bonds is 9. The Hall–Kier alpha value is -0.160. The molecule has 0 radical (unpaired) electrons. The zero-order valence-electron chi connectivity index (χ0n) is 10.1. The molecule has 0 aromatic heterocycles. The summed E-state index contributed by atoms with van der Waals surface area (Å²) in [6.07, 6.45) is 1.61. The molecule has 1 unspecified atom stereocenters. The maximum atomic E-state index is 9.64. The fourth-order valence-electron chi connectivity index (χ4n) is 1.87. The van der Waals surface area contributed by atoms with Crippen LogP contribution in [0.5, 0.6) is 0 Å². The van der Waals surface area contributed by atoms with E-state index in [1.807, 2.05) is 0 Å². The van der Waals surface area contributed by atoms with Gasteiger partial charge in [-0.15, -0.1) is 0 Å². The maximum absolute atomic E-state index is 9.64. The molecule has 1 atom stereocenters. The van der Waals surface area contributed by atoms with E-state index in [0.717, 1.165) is 12.8 Å². The summed E-state index contributed by atoms with van der Waals surface area (Å²) in [5.41, 5.74) is 0. The Kier molecular flexibility index (Phi) is 9.00. The van der Waals surface area contributed by atoms with Crippen LogP contribution >= 0.6 is 0 Å². The van der Waals surface area contributed by atoms with Gasteiger partial charge in [0.25, 0.3) is 0 Å². The monoisotopic (exact) mass is 219 g/mol. The molecule has 0 saturated heterocycles. The quantitative estimate of drug-likeness (QED) is 0.592. The van der Waals surface area contributed by atoms with E-state index in [-0.39, 0.29) is 6.61 Å². The molecule has 0 amide bonds. The fraction of sp³-hybridized carbons (Fsp3) is 1.00. The molecule has 0 heterocycles. The molecule has 0 aromatic rings. The van der Waals surface area contributed by atoms with Crippen LogP contribution in [-0.2, 0) is 4.74 Å². The van der Waals surface area contributed by atoms with Gasteiger partial charge in [0.15, 0.2) is 0 Å². The zero-order chi connectivity index (χ0) is 11.7. The van der Waals surface area contributed by atoms with Gasteiger partial charge in [0.1, 0.15) is 0 Å². The van der Waals surface area contributed by atoms with Crippen molar-refractivity contribution in [3.8, 4) is 0 Å². The molecule has 92 valence electrons. The van der Waals surface area contributed by atoms with Crippen LogP contribution in [0.1, 0.15) is 26.7 Å². The number of hydrogen-bond acceptors (Lipinski definition) is 4. The van der Waals surface area contributed by atoms with Crippen molar-refractivity contribution in [3.05, 3.63) is 0 Å². The molecule has 0 aromatic carbocycles. The summed E-state index contributed by atoms with van der Waals surface area (Å²) < 4.78 is 4.89. The highest BCUT2D eigenvalue weighted by atomic mass is 16.5. The molecule has 15 heavy (non-hydrogen) atoms. The van der Waals surface area contributed by atoms with E-state index < -0.39 is 6.10 Å². The highest BCUT2D eigenvalue weighted by molar-refractivity contribution is 4.72. The summed E-state index contributed by atoms with van der Waals surface area (Å²) >= 11 is 0. The van der Waals surface area contributed by atoms with Crippen LogP contribution in [0.4, 0.5) is 0 Å². The standard InChI is InChI=1S/C11H25NO3/c1-4-10(5-2)12(6-7-13)8-11(14)9-15-3/h10-11,13-14H,4-9H2,1-3H3. The molecule has 0 bridgehead atoms. The first-order valence-corrected chi connectivity index (χ1v) is 5.71. The fourth-order valence-corrected chi connectivity index (χ4v) is 1.87. The Morgan fingerprint density at radius 1 is 1.27 bits per heavy atom. The predicted molar refractivity (Wildman–Crippen MR) is 60.9 cm³/mol. The van der Waals surface area contributed by atoms with Crippen molar-refractivity contribution in [3.63, 3.8) is 0 Å². The van der Waals surface area contributed by atoms with Crippen molar-refractivity contribution in [2.75, 3.05) is 33.4 Å². The minimum atomic E-state index is -0.470. The van der Waals surface area contributed by atoms with Gasteiger partial charge in [-0.1, -0.05) is 13.8 Å². The van der Waals surface area contributed by atoms with Gasteiger partial charge in [0.05, 0.1) is 19.3 Å². The van der Waals surface area contributed by atoms with Gasteiger partial charge < -0.3 is 14.9 Å². The van der Waals surface area contributed by atoms with Crippen LogP contribution in [0.3, 0.4) is 0 Å². The Balaban J connectivity index is 4.11. The normalized spacial score (nSPS) is 13.8. The average Bonchev–Trinajstić information content (AvgIpc) is 2.20. The van der Waals surface area contributed by atoms with Crippen LogP contribution in [0.15, 0.2) is 0 Å². The van der Waals surface area contributed by atoms with E-state index in [0.29, 0.717) is 25.7 Å². The average molecular weight is 219 g/mol. The highest BCUT2D eigenvalue weighted by Gasteiger charge is 2.17. The molecule has 4 nitrogen and oxygen atoms in total. The SMILES string of the molecule is CCC(CC)N(CCO)CC(O)COC. The van der Waals surface area contributed by atoms with E-state index in [1.54, 1.807) is 7.11 Å². The first-order chi connectivity index (χ1) is 7.19. The molecule has 4 heteroatoms. The van der Waals surface area contributed by atoms with Crippen molar-refractivity contribution in [1.29, 1.82) is 0 Å². The Labute approximate surface area is 92.9 Å². The minimum Gasteiger partial charge on any atom is -0.395 e. The Morgan fingerprint density at radius 2 is 1.87 bits per heavy atom. The van der Waals surface area contributed by atoms with Crippen molar-refractivity contribution in [1.82, 2.24) is 4.90 Å². The summed E-state index contributed by atoms with van der Waals surface area (Å²) in [5.74, 6) is 0. The molecule has 0 aliphatic rings. The summed E-state index contributed by atoms with van der Waals surface area (Å²) in [7, 11) is 1.58. The first kappa shape index (κ1) is 14.8. The van der Waals surface area contributed by atoms with Gasteiger partial charge in [-0.05, 0) is 12.8 Å². The topological polar surface area (TPSA) is 52.9 Å². The zero-order valence-corrected chi connectivity index (χ0v) is 10.1. The Bertz CT molecular complexity index is 140. The molecule has 0 aliphatic carbocycles. The maximum Gasteiger partial charge on any atom is 0.0900 e. The van der Waals surface area contributed by atoms with E-state index in [9.17, 15) is 5.11 Å². The minimum absolute atomic E-state index is 0.135. The lowest BCUT2D eigenvalue weighted by molar-refractivity contribution is 0.0203. The van der Waals surface area contributed by atoms with Crippen molar-refractivity contribution in [2.24, 2.45) is 0 Å². The van der Waals surface area contributed by atoms with Gasteiger partial charge in [-0.3, -0.25) is 4.90 Å². The largest absolute Gasteiger partial charge is 0.395 e. The molecule has 2 N–H and O–H groups in total. The number of hydrogen-bond donors (Lipinski definition) is 2. The predicted octanol–water partition coefficient (Wildman–Crippen LogP) is 0.477. The van der Waals surface area contributed by atoms with Gasteiger partial charge in [0, 0.05) is 26.2 Å². The Morgan fingerprint density at radius 3 is 2.27 bits per heavy atom. The number of ether oxygens (including phenoxy) is 1. The molecular weight excluding hydrogens is 194 g/mol. The lowest BCUT2D eigenvalue weighted by atomic mass is 10.1. The summed E-state index contributed by atoms with van der Waals surface area (Å²) in [6, 6.07) is 0.434. The van der Waals surface area contributed by atoms with E-state index >= 15 is 0 Å². The van der Waals surface area contributed by atoms with Crippen LogP contribution in [0, 0.1) is 0 Å². The summed E-state index contributed by atoms with van der Waals surface area (Å²) in [4.78, 5) is 2.13. The lowest BCUT2D eigenvalue weighted by Crippen LogP contribution is -2.42. The summed E-state index contributed by atoms with van der Waals surface area (Å²) in [5, 5.41) is 18.6. The van der Waals surface area contributed by atoms with Crippen molar-refractivity contribution in [2.45, 2.75) is 38.8 Å². The second-order valence-corrected chi connectivity index (χ2v) is 3.80. The first-order valence-electron chi connectivity index (χ1n) is 5.71. The third-order valence-corrected chi connectivity index (χ3v) is 2.65. The summed E-state index contributed by atoms with van der Waals surface area (Å²) in [6.45, 7) is 5.93. The molecule has 0 fully saturated rings. The smallest absolute Gasteiger partial charge is 0.0900 e. The molecule has 0 aliphatic heterocycles. The second kappa shape index (κ2) is 9.09. The van der Waals surface area contributed by atoms with E-state index in [2.05, 4.69) is 18.7 Å². The number of nitrogens with zero attached hydrogens (tertiary/aromatic N) is 1.